The van der Waals surface area contributed by atoms with E-state index in [1.807, 2.05) is 0 Å². The number of benzene rings is 2. The third-order valence-electron chi connectivity index (χ3n) is 5.38. The molecule has 34 heavy (non-hydrogen) atoms. The third kappa shape index (κ3) is 6.37. The number of allylic oxidation sites excluding steroid dienone is 1. The Labute approximate surface area is 194 Å². The molecule has 2 aromatic rings. The Bertz CT molecular complexity index is 1100. The van der Waals surface area contributed by atoms with Crippen LogP contribution in [0.3, 0.4) is 0 Å². The molecule has 0 amide bonds. The fourth-order valence-electron chi connectivity index (χ4n) is 3.40. The van der Waals surface area contributed by atoms with Crippen molar-refractivity contribution in [1.82, 2.24) is 0 Å². The molecule has 11 heteroatoms. The number of non-ortho nitro benzene ring substituents is 2. The molecular weight excluding hydrogens is 448 g/mol. The average molecular weight is 470 g/mol. The summed E-state index contributed by atoms with van der Waals surface area (Å²) in [6, 6.07) is 10.3. The molecule has 0 saturated heterocycles. The first-order valence-electron chi connectivity index (χ1n) is 10.4. The lowest BCUT2D eigenvalue weighted by atomic mass is 9.79. The van der Waals surface area contributed by atoms with Gasteiger partial charge in [0, 0.05) is 24.3 Å². The zero-order valence-electron chi connectivity index (χ0n) is 18.2. The highest BCUT2D eigenvalue weighted by molar-refractivity contribution is 5.79. The number of nitro groups is 2. The Balaban J connectivity index is 1.54. The normalized spacial score (nSPS) is 20.8. The SMILES string of the molecule is C[C@]1(C(=O)Oc2ccc([N+](=O)[O-])cc2)C/C=C/[C@@H](OC(=O)Oc2ccc([N+](=O)[O-])cc2)CCC1. The fourth-order valence-corrected chi connectivity index (χ4v) is 3.40. The summed E-state index contributed by atoms with van der Waals surface area (Å²) < 4.78 is 15.8. The first-order chi connectivity index (χ1) is 16.2. The summed E-state index contributed by atoms with van der Waals surface area (Å²) in [4.78, 5) is 45.2. The number of esters is 1. The first kappa shape index (κ1) is 24.4. The van der Waals surface area contributed by atoms with Crippen LogP contribution in [0.5, 0.6) is 11.5 Å². The Morgan fingerprint density at radius 1 is 0.912 bits per heavy atom. The standard InChI is InChI=1S/C23H22N2O9/c1-23(21(26)32-19-10-6-16(7-11-19)24(28)29)14-2-4-18(5-3-15-23)33-22(27)34-20-12-8-17(9-13-20)25(30)31/h2,4,6-13,18H,3,5,14-15H2,1H3/b4-2+/t18-,23+/m1/s1. The number of rotatable bonds is 6. The van der Waals surface area contributed by atoms with Crippen LogP contribution in [0, 0.1) is 25.6 Å². The van der Waals surface area contributed by atoms with Crippen molar-refractivity contribution in [3.63, 3.8) is 0 Å². The van der Waals surface area contributed by atoms with E-state index in [0.29, 0.717) is 25.7 Å². The molecule has 0 aromatic heterocycles. The lowest BCUT2D eigenvalue weighted by Gasteiger charge is -2.28. The lowest BCUT2D eigenvalue weighted by molar-refractivity contribution is -0.385. The molecule has 0 spiro atoms. The molecular formula is C23H22N2O9. The molecule has 1 aliphatic rings. The minimum absolute atomic E-state index is 0.0990. The molecule has 1 aliphatic carbocycles. The Hall–Kier alpha value is -4.28. The van der Waals surface area contributed by atoms with Gasteiger partial charge < -0.3 is 14.2 Å². The number of ether oxygens (including phenoxy) is 3. The van der Waals surface area contributed by atoms with Crippen molar-refractivity contribution in [3.8, 4) is 11.5 Å². The number of carbonyl (C=O) groups excluding carboxylic acids is 2. The van der Waals surface area contributed by atoms with Crippen LogP contribution in [0.4, 0.5) is 16.2 Å². The van der Waals surface area contributed by atoms with E-state index in [1.165, 1.54) is 48.5 Å². The zero-order chi connectivity index (χ0) is 24.7. The summed E-state index contributed by atoms with van der Waals surface area (Å²) >= 11 is 0. The van der Waals surface area contributed by atoms with E-state index >= 15 is 0 Å². The molecule has 0 unspecified atom stereocenters. The van der Waals surface area contributed by atoms with Gasteiger partial charge in [0.05, 0.1) is 15.3 Å². The summed E-state index contributed by atoms with van der Waals surface area (Å²) in [5.74, 6) is -0.118. The highest BCUT2D eigenvalue weighted by Crippen LogP contribution is 2.34. The number of nitrogens with zero attached hydrogens (tertiary/aromatic N) is 2. The van der Waals surface area contributed by atoms with Crippen molar-refractivity contribution in [1.29, 1.82) is 0 Å². The van der Waals surface area contributed by atoms with Crippen molar-refractivity contribution >= 4 is 23.5 Å². The second kappa shape index (κ2) is 10.6. The minimum Gasteiger partial charge on any atom is -0.426 e. The van der Waals surface area contributed by atoms with Crippen LogP contribution in [0.15, 0.2) is 60.7 Å². The second-order valence-corrected chi connectivity index (χ2v) is 7.99. The van der Waals surface area contributed by atoms with Crippen molar-refractivity contribution in [2.45, 2.75) is 38.7 Å². The minimum atomic E-state index is -0.940. The number of hydrogen-bond acceptors (Lipinski definition) is 9. The van der Waals surface area contributed by atoms with Gasteiger partial charge in [0.15, 0.2) is 0 Å². The van der Waals surface area contributed by atoms with Crippen LogP contribution in [-0.2, 0) is 9.53 Å². The topological polar surface area (TPSA) is 148 Å². The maximum Gasteiger partial charge on any atom is 0.514 e. The van der Waals surface area contributed by atoms with Gasteiger partial charge in [-0.1, -0.05) is 6.08 Å². The smallest absolute Gasteiger partial charge is 0.426 e. The monoisotopic (exact) mass is 470 g/mol. The summed E-state index contributed by atoms with van der Waals surface area (Å²) in [7, 11) is 0. The van der Waals surface area contributed by atoms with Crippen LogP contribution in [0.2, 0.25) is 0 Å². The van der Waals surface area contributed by atoms with E-state index in [9.17, 15) is 29.8 Å². The molecule has 0 radical (unpaired) electrons. The molecule has 3 rings (SSSR count). The van der Waals surface area contributed by atoms with Crippen molar-refractivity contribution in [3.05, 3.63) is 80.9 Å². The fraction of sp³-hybridized carbons (Fsp3) is 0.304. The lowest BCUT2D eigenvalue weighted by Crippen LogP contribution is -2.33. The maximum absolute atomic E-state index is 12.8. The quantitative estimate of drug-likeness (QED) is 0.140. The van der Waals surface area contributed by atoms with Gasteiger partial charge in [-0.25, -0.2) is 4.79 Å². The summed E-state index contributed by atoms with van der Waals surface area (Å²) in [6.07, 6.45) is 3.74. The van der Waals surface area contributed by atoms with Crippen LogP contribution >= 0.6 is 0 Å². The Kier molecular flexibility index (Phi) is 7.57. The molecule has 0 bridgehead atoms. The molecule has 11 nitrogen and oxygen atoms in total. The summed E-state index contributed by atoms with van der Waals surface area (Å²) in [5, 5.41) is 21.4. The molecule has 0 fully saturated rings. The number of nitro benzene ring substituents is 2. The van der Waals surface area contributed by atoms with Gasteiger partial charge in [-0.2, -0.15) is 0 Å². The molecule has 0 saturated carbocycles. The predicted molar refractivity (Wildman–Crippen MR) is 118 cm³/mol. The van der Waals surface area contributed by atoms with E-state index in [0.717, 1.165) is 0 Å². The van der Waals surface area contributed by atoms with Gasteiger partial charge >= 0.3 is 12.1 Å². The zero-order valence-corrected chi connectivity index (χ0v) is 18.2. The van der Waals surface area contributed by atoms with Crippen LogP contribution in [0.1, 0.15) is 32.6 Å². The maximum atomic E-state index is 12.8. The summed E-state index contributed by atoms with van der Waals surface area (Å²) in [5.41, 5.74) is -1.04. The van der Waals surface area contributed by atoms with Crippen LogP contribution < -0.4 is 9.47 Å². The number of carbonyl (C=O) groups is 2. The van der Waals surface area contributed by atoms with E-state index in [2.05, 4.69) is 0 Å². The van der Waals surface area contributed by atoms with E-state index < -0.39 is 33.5 Å². The van der Waals surface area contributed by atoms with Gasteiger partial charge in [-0.05, 0) is 62.9 Å². The Morgan fingerprint density at radius 3 is 1.97 bits per heavy atom. The highest BCUT2D eigenvalue weighted by Gasteiger charge is 2.35. The van der Waals surface area contributed by atoms with Gasteiger partial charge in [0.2, 0.25) is 0 Å². The molecule has 2 atom stereocenters. The van der Waals surface area contributed by atoms with Crippen molar-refractivity contribution in [2.24, 2.45) is 5.41 Å². The highest BCUT2D eigenvalue weighted by atomic mass is 16.7. The number of hydrogen-bond donors (Lipinski definition) is 0. The van der Waals surface area contributed by atoms with Gasteiger partial charge in [-0.3, -0.25) is 25.0 Å². The van der Waals surface area contributed by atoms with E-state index in [-0.39, 0.29) is 22.9 Å². The van der Waals surface area contributed by atoms with Gasteiger partial charge in [-0.15, -0.1) is 0 Å². The first-order valence-corrected chi connectivity index (χ1v) is 10.4. The third-order valence-corrected chi connectivity index (χ3v) is 5.38. The average Bonchev–Trinajstić information content (AvgIpc) is 2.78. The molecule has 2 aromatic carbocycles. The van der Waals surface area contributed by atoms with Crippen LogP contribution in [-0.4, -0.2) is 28.1 Å². The van der Waals surface area contributed by atoms with Crippen molar-refractivity contribution < 1.29 is 33.6 Å². The van der Waals surface area contributed by atoms with E-state index in [4.69, 9.17) is 14.2 Å². The summed E-state index contributed by atoms with van der Waals surface area (Å²) in [6.45, 7) is 1.77. The molecule has 178 valence electrons. The van der Waals surface area contributed by atoms with Gasteiger partial charge in [0.25, 0.3) is 11.4 Å². The second-order valence-electron chi connectivity index (χ2n) is 7.99. The predicted octanol–water partition coefficient (Wildman–Crippen LogP) is 5.13. The largest absolute Gasteiger partial charge is 0.514 e. The van der Waals surface area contributed by atoms with Crippen molar-refractivity contribution in [2.75, 3.05) is 0 Å². The molecule has 0 heterocycles. The van der Waals surface area contributed by atoms with Gasteiger partial charge in [0.1, 0.15) is 17.6 Å². The van der Waals surface area contributed by atoms with E-state index in [1.54, 1.807) is 19.1 Å². The Morgan fingerprint density at radius 2 is 1.44 bits per heavy atom. The molecule has 0 aliphatic heterocycles. The molecule has 0 N–H and O–H groups in total. The van der Waals surface area contributed by atoms with Crippen LogP contribution in [0.25, 0.3) is 0 Å².